The maximum atomic E-state index is 12.7. The third-order valence-corrected chi connectivity index (χ3v) is 6.69. The van der Waals surface area contributed by atoms with Crippen LogP contribution in [-0.2, 0) is 16.0 Å². The number of unbranched alkanes of at least 4 members (excludes halogenated alkanes) is 4. The molecule has 1 unspecified atom stereocenters. The monoisotopic (exact) mass is 532 g/mol. The Hall–Kier alpha value is -3.78. The van der Waals surface area contributed by atoms with Gasteiger partial charge in [0.15, 0.2) is 5.82 Å². The molecule has 8 heteroatoms. The van der Waals surface area contributed by atoms with Gasteiger partial charge >= 0.3 is 5.97 Å². The molecule has 2 N–H and O–H groups in total. The lowest BCUT2D eigenvalue weighted by atomic mass is 10.0. The number of carboxylic acids is 1. The van der Waals surface area contributed by atoms with Gasteiger partial charge in [-0.05, 0) is 43.1 Å². The number of benzene rings is 2. The van der Waals surface area contributed by atoms with E-state index in [-0.39, 0.29) is 18.9 Å². The molecule has 0 aliphatic rings. The van der Waals surface area contributed by atoms with Crippen LogP contribution in [0.4, 0.5) is 0 Å². The normalized spacial score (nSPS) is 11.7. The molecule has 39 heavy (non-hydrogen) atoms. The summed E-state index contributed by atoms with van der Waals surface area (Å²) in [6.07, 6.45) is 10.2. The van der Waals surface area contributed by atoms with E-state index >= 15 is 0 Å². The van der Waals surface area contributed by atoms with Crippen LogP contribution in [0.25, 0.3) is 22.5 Å². The molecule has 0 aliphatic carbocycles. The molecular weight excluding hydrogens is 492 g/mol. The van der Waals surface area contributed by atoms with Crippen molar-refractivity contribution in [3.05, 3.63) is 66.5 Å². The van der Waals surface area contributed by atoms with Crippen LogP contribution in [-0.4, -0.2) is 65.1 Å². The lowest BCUT2D eigenvalue weighted by Gasteiger charge is -2.23. The van der Waals surface area contributed by atoms with Crippen LogP contribution >= 0.6 is 0 Å². The summed E-state index contributed by atoms with van der Waals surface area (Å²) in [6.45, 7) is 3.14. The highest BCUT2D eigenvalue weighted by atomic mass is 16.5. The Labute approximate surface area is 231 Å². The number of nitrogens with one attached hydrogen (secondary N) is 1. The number of carbonyl (C=O) groups is 2. The number of ether oxygens (including phenoxy) is 1. The molecule has 3 aromatic rings. The van der Waals surface area contributed by atoms with Crippen molar-refractivity contribution in [2.75, 3.05) is 27.2 Å². The van der Waals surface area contributed by atoms with Crippen molar-refractivity contribution in [3.63, 3.8) is 0 Å². The third-order valence-electron chi connectivity index (χ3n) is 6.69. The molecule has 8 nitrogen and oxygen atoms in total. The van der Waals surface area contributed by atoms with E-state index in [1.807, 2.05) is 60.9 Å². The lowest BCUT2D eigenvalue weighted by Crippen LogP contribution is -2.45. The standard InChI is InChI=1S/C31H40N4O4/c1-4-5-6-7-8-19-39-27-15-13-24(14-16-27)26-21-33-30(34-22-26)25-11-9-23(10-12-25)20-28(32-2)31(38)35(3)18-17-29(36)37/h9-16,21-22,28,32H,4-8,17-20H2,1-3H3,(H,36,37). The van der Waals surface area contributed by atoms with Crippen molar-refractivity contribution in [2.24, 2.45) is 0 Å². The van der Waals surface area contributed by atoms with E-state index in [2.05, 4.69) is 22.2 Å². The number of amides is 1. The van der Waals surface area contributed by atoms with Crippen LogP contribution in [0.5, 0.6) is 5.75 Å². The molecule has 0 aliphatic heterocycles. The van der Waals surface area contributed by atoms with Gasteiger partial charge in [0.2, 0.25) is 5.91 Å². The van der Waals surface area contributed by atoms with Crippen molar-refractivity contribution >= 4 is 11.9 Å². The molecule has 1 aromatic heterocycles. The number of aliphatic carboxylic acids is 1. The summed E-state index contributed by atoms with van der Waals surface area (Å²) >= 11 is 0. The van der Waals surface area contributed by atoms with Crippen molar-refractivity contribution in [3.8, 4) is 28.3 Å². The van der Waals surface area contributed by atoms with Gasteiger partial charge in [-0.1, -0.05) is 69.0 Å². The second-order valence-electron chi connectivity index (χ2n) is 9.73. The fourth-order valence-corrected chi connectivity index (χ4v) is 4.24. The molecule has 3 rings (SSSR count). The maximum absolute atomic E-state index is 12.7. The van der Waals surface area contributed by atoms with Crippen LogP contribution in [0.15, 0.2) is 60.9 Å². The molecule has 2 aromatic carbocycles. The summed E-state index contributed by atoms with van der Waals surface area (Å²) in [5, 5.41) is 11.9. The van der Waals surface area contributed by atoms with E-state index in [4.69, 9.17) is 9.84 Å². The zero-order valence-electron chi connectivity index (χ0n) is 23.2. The number of aromatic nitrogens is 2. The minimum atomic E-state index is -0.923. The molecular formula is C31H40N4O4. The second-order valence-corrected chi connectivity index (χ2v) is 9.73. The Morgan fingerprint density at radius 2 is 1.56 bits per heavy atom. The Morgan fingerprint density at radius 3 is 2.18 bits per heavy atom. The first-order valence-electron chi connectivity index (χ1n) is 13.7. The number of hydrogen-bond acceptors (Lipinski definition) is 6. The van der Waals surface area contributed by atoms with Gasteiger partial charge in [0, 0.05) is 37.1 Å². The fourth-order valence-electron chi connectivity index (χ4n) is 4.24. The average Bonchev–Trinajstić information content (AvgIpc) is 2.97. The summed E-state index contributed by atoms with van der Waals surface area (Å²) in [5.41, 5.74) is 3.84. The highest BCUT2D eigenvalue weighted by molar-refractivity contribution is 5.82. The lowest BCUT2D eigenvalue weighted by molar-refractivity contribution is -0.138. The first-order valence-corrected chi connectivity index (χ1v) is 13.7. The molecule has 0 saturated heterocycles. The molecule has 0 radical (unpaired) electrons. The van der Waals surface area contributed by atoms with E-state index in [1.165, 1.54) is 30.6 Å². The van der Waals surface area contributed by atoms with Gasteiger partial charge in [0.1, 0.15) is 5.75 Å². The average molecular weight is 533 g/mol. The smallest absolute Gasteiger partial charge is 0.305 e. The van der Waals surface area contributed by atoms with E-state index in [1.54, 1.807) is 14.1 Å². The summed E-state index contributed by atoms with van der Waals surface area (Å²) in [4.78, 5) is 34.1. The number of carbonyl (C=O) groups excluding carboxylic acids is 1. The van der Waals surface area contributed by atoms with E-state index in [9.17, 15) is 9.59 Å². The van der Waals surface area contributed by atoms with Gasteiger partial charge in [-0.3, -0.25) is 9.59 Å². The maximum Gasteiger partial charge on any atom is 0.305 e. The summed E-state index contributed by atoms with van der Waals surface area (Å²) in [5.74, 6) is 0.445. The molecule has 0 spiro atoms. The van der Waals surface area contributed by atoms with E-state index in [0.29, 0.717) is 12.2 Å². The first-order chi connectivity index (χ1) is 18.9. The van der Waals surface area contributed by atoms with E-state index < -0.39 is 12.0 Å². The predicted molar refractivity (Wildman–Crippen MR) is 154 cm³/mol. The van der Waals surface area contributed by atoms with Crippen LogP contribution in [0, 0.1) is 0 Å². The van der Waals surface area contributed by atoms with Crippen molar-refractivity contribution in [1.82, 2.24) is 20.2 Å². The summed E-state index contributed by atoms with van der Waals surface area (Å²) in [6, 6.07) is 15.4. The van der Waals surface area contributed by atoms with Gasteiger partial charge in [0.25, 0.3) is 0 Å². The fraction of sp³-hybridized carbons (Fsp3) is 0.419. The van der Waals surface area contributed by atoms with Gasteiger partial charge in [-0.25, -0.2) is 9.97 Å². The molecule has 208 valence electrons. The SMILES string of the molecule is CCCCCCCOc1ccc(-c2cnc(-c3ccc(CC(NC)C(=O)N(C)CCC(=O)O)cc3)nc2)cc1. The van der Waals surface area contributed by atoms with Crippen molar-refractivity contribution < 1.29 is 19.4 Å². The number of likely N-dealkylation sites (N-methyl/N-ethyl adjacent to an activating group) is 2. The Kier molecular flexibility index (Phi) is 11.9. The molecule has 0 fully saturated rings. The largest absolute Gasteiger partial charge is 0.494 e. The number of hydrogen-bond donors (Lipinski definition) is 2. The topological polar surface area (TPSA) is 105 Å². The van der Waals surface area contributed by atoms with Gasteiger partial charge in [-0.2, -0.15) is 0 Å². The van der Waals surface area contributed by atoms with Crippen LogP contribution < -0.4 is 10.1 Å². The van der Waals surface area contributed by atoms with E-state index in [0.717, 1.165) is 41.0 Å². The highest BCUT2D eigenvalue weighted by Crippen LogP contribution is 2.23. The highest BCUT2D eigenvalue weighted by Gasteiger charge is 2.21. The first kappa shape index (κ1) is 29.8. The number of rotatable bonds is 16. The van der Waals surface area contributed by atoms with Crippen LogP contribution in [0.2, 0.25) is 0 Å². The molecule has 1 atom stereocenters. The summed E-state index contributed by atoms with van der Waals surface area (Å²) < 4.78 is 5.86. The van der Waals surface area contributed by atoms with Gasteiger partial charge < -0.3 is 20.1 Å². The minimum Gasteiger partial charge on any atom is -0.494 e. The van der Waals surface area contributed by atoms with Crippen LogP contribution in [0.1, 0.15) is 51.0 Å². The predicted octanol–water partition coefficient (Wildman–Crippen LogP) is 5.22. The Bertz CT molecular complexity index is 1160. The van der Waals surface area contributed by atoms with Crippen molar-refractivity contribution in [2.45, 2.75) is 57.9 Å². The van der Waals surface area contributed by atoms with Gasteiger partial charge in [0.05, 0.1) is 19.1 Å². The van der Waals surface area contributed by atoms with Crippen LogP contribution in [0.3, 0.4) is 0 Å². The Morgan fingerprint density at radius 1 is 0.923 bits per heavy atom. The minimum absolute atomic E-state index is 0.0782. The molecule has 1 heterocycles. The number of nitrogens with zero attached hydrogens (tertiary/aromatic N) is 3. The zero-order valence-corrected chi connectivity index (χ0v) is 23.2. The molecule has 0 saturated carbocycles. The van der Waals surface area contributed by atoms with Gasteiger partial charge in [-0.15, -0.1) is 0 Å². The quantitative estimate of drug-likeness (QED) is 0.244. The zero-order chi connectivity index (χ0) is 28.0. The van der Waals surface area contributed by atoms with Crippen molar-refractivity contribution in [1.29, 1.82) is 0 Å². The third kappa shape index (κ3) is 9.48. The molecule has 1 amide bonds. The molecule has 0 bridgehead atoms. The Balaban J connectivity index is 1.54. The second kappa shape index (κ2) is 15.6. The number of carboxylic acid groups (broad SMARTS) is 1. The summed E-state index contributed by atoms with van der Waals surface area (Å²) in [7, 11) is 3.35.